The Hall–Kier alpha value is -2.15. The lowest BCUT2D eigenvalue weighted by Crippen LogP contribution is -2.37. The summed E-state index contributed by atoms with van der Waals surface area (Å²) in [6, 6.07) is 15.3. The van der Waals surface area contributed by atoms with Crippen molar-refractivity contribution >= 4 is 63.0 Å². The number of benzene rings is 2. The molecule has 1 saturated carbocycles. The van der Waals surface area contributed by atoms with Crippen LogP contribution >= 0.6 is 35.6 Å². The Morgan fingerprint density at radius 1 is 1.00 bits per heavy atom. The zero-order chi connectivity index (χ0) is 20.8. The molecule has 2 aliphatic heterocycles. The zero-order valence-corrected chi connectivity index (χ0v) is 18.5. The van der Waals surface area contributed by atoms with Gasteiger partial charge in [-0.2, -0.15) is 0 Å². The summed E-state index contributed by atoms with van der Waals surface area (Å²) in [6.45, 7) is 0.349. The van der Waals surface area contributed by atoms with Gasteiger partial charge in [0.1, 0.15) is 4.32 Å². The van der Waals surface area contributed by atoms with Gasteiger partial charge in [0.05, 0.1) is 22.7 Å². The van der Waals surface area contributed by atoms with Gasteiger partial charge in [-0.15, -0.1) is 0 Å². The molecule has 7 heteroatoms. The fourth-order valence-electron chi connectivity index (χ4n) is 4.46. The molecule has 0 spiro atoms. The molecule has 30 heavy (non-hydrogen) atoms. The van der Waals surface area contributed by atoms with Crippen molar-refractivity contribution in [3.05, 3.63) is 69.6 Å². The standard InChI is InChI=1S/C23H19ClN2O2S2/c24-17-11-5-1-7-14(17)13-25-18-12-6-4-10-16(18)19(21(25)27)20-22(28)26(23(29)30-20)15-8-2-3-9-15/h1,4-7,10-12,15H,2-3,8-9,13H2/b20-19-. The van der Waals surface area contributed by atoms with Crippen LogP contribution in [0.1, 0.15) is 36.8 Å². The Bertz CT molecular complexity index is 1110. The average Bonchev–Trinajstić information content (AvgIpc) is 3.42. The zero-order valence-electron chi connectivity index (χ0n) is 16.1. The van der Waals surface area contributed by atoms with Gasteiger partial charge in [0.2, 0.25) is 0 Å². The van der Waals surface area contributed by atoms with Gasteiger partial charge < -0.3 is 4.90 Å². The Morgan fingerprint density at radius 2 is 1.70 bits per heavy atom. The molecule has 0 atom stereocenters. The van der Waals surface area contributed by atoms with Crippen LogP contribution in [-0.4, -0.2) is 27.1 Å². The van der Waals surface area contributed by atoms with Crippen LogP contribution in [0.3, 0.4) is 0 Å². The average molecular weight is 455 g/mol. The van der Waals surface area contributed by atoms with E-state index < -0.39 is 0 Å². The maximum Gasteiger partial charge on any atom is 0.267 e. The summed E-state index contributed by atoms with van der Waals surface area (Å²) in [5.74, 6) is -0.308. The first kappa shape index (κ1) is 19.8. The summed E-state index contributed by atoms with van der Waals surface area (Å²) in [5, 5.41) is 0.615. The third kappa shape index (κ3) is 3.18. The summed E-state index contributed by atoms with van der Waals surface area (Å²) in [7, 11) is 0. The summed E-state index contributed by atoms with van der Waals surface area (Å²) >= 11 is 13.1. The number of amides is 2. The molecule has 0 bridgehead atoms. The van der Waals surface area contributed by atoms with E-state index in [9.17, 15) is 9.59 Å². The van der Waals surface area contributed by atoms with E-state index in [1.165, 1.54) is 11.8 Å². The van der Waals surface area contributed by atoms with Crippen LogP contribution in [0.4, 0.5) is 5.69 Å². The van der Waals surface area contributed by atoms with E-state index in [1.54, 1.807) is 9.80 Å². The summed E-state index contributed by atoms with van der Waals surface area (Å²) in [5.41, 5.74) is 2.89. The summed E-state index contributed by atoms with van der Waals surface area (Å²) in [4.78, 5) is 30.8. The number of halogens is 1. The largest absolute Gasteiger partial charge is 0.303 e. The molecule has 1 saturated heterocycles. The van der Waals surface area contributed by atoms with Gasteiger partial charge in [-0.25, -0.2) is 0 Å². The number of rotatable bonds is 3. The number of fused-ring (bicyclic) bond motifs is 1. The van der Waals surface area contributed by atoms with Gasteiger partial charge in [-0.05, 0) is 30.5 Å². The second-order valence-electron chi connectivity index (χ2n) is 7.69. The minimum atomic E-state index is -0.178. The second-order valence-corrected chi connectivity index (χ2v) is 9.74. The number of nitrogens with zero attached hydrogens (tertiary/aromatic N) is 2. The lowest BCUT2D eigenvalue weighted by atomic mass is 10.1. The number of carbonyl (C=O) groups excluding carboxylic acids is 2. The van der Waals surface area contributed by atoms with E-state index in [4.69, 9.17) is 23.8 Å². The monoisotopic (exact) mass is 454 g/mol. The summed E-state index contributed by atoms with van der Waals surface area (Å²) in [6.07, 6.45) is 4.17. The summed E-state index contributed by atoms with van der Waals surface area (Å²) < 4.78 is 0.559. The van der Waals surface area contributed by atoms with Crippen molar-refractivity contribution in [3.63, 3.8) is 0 Å². The van der Waals surface area contributed by atoms with Crippen molar-refractivity contribution in [1.82, 2.24) is 4.90 Å². The molecular formula is C23H19ClN2O2S2. The van der Waals surface area contributed by atoms with Gasteiger partial charge in [0, 0.05) is 16.6 Å². The van der Waals surface area contributed by atoms with Gasteiger partial charge in [0.15, 0.2) is 0 Å². The Balaban J connectivity index is 1.56. The molecule has 5 rings (SSSR count). The molecule has 2 fully saturated rings. The maximum atomic E-state index is 13.5. The van der Waals surface area contributed by atoms with Crippen LogP contribution < -0.4 is 4.90 Å². The molecule has 152 valence electrons. The number of anilines is 1. The molecular weight excluding hydrogens is 436 g/mol. The molecule has 2 aromatic rings. The van der Waals surface area contributed by atoms with Crippen LogP contribution in [0.15, 0.2) is 53.4 Å². The van der Waals surface area contributed by atoms with Crippen LogP contribution in [0.25, 0.3) is 5.57 Å². The Labute approximate surface area is 189 Å². The molecule has 4 nitrogen and oxygen atoms in total. The molecule has 2 aromatic carbocycles. The van der Waals surface area contributed by atoms with Gasteiger partial charge in [-0.1, -0.05) is 84.8 Å². The van der Waals surface area contributed by atoms with E-state index in [0.717, 1.165) is 42.5 Å². The minimum absolute atomic E-state index is 0.130. The highest BCUT2D eigenvalue weighted by Crippen LogP contribution is 2.46. The number of carbonyl (C=O) groups is 2. The molecule has 0 aromatic heterocycles. The van der Waals surface area contributed by atoms with Crippen molar-refractivity contribution < 1.29 is 9.59 Å². The van der Waals surface area contributed by atoms with Crippen molar-refractivity contribution in [3.8, 4) is 0 Å². The minimum Gasteiger partial charge on any atom is -0.303 e. The first-order chi connectivity index (χ1) is 14.6. The predicted octanol–water partition coefficient (Wildman–Crippen LogP) is 5.40. The third-order valence-electron chi connectivity index (χ3n) is 5.93. The van der Waals surface area contributed by atoms with Gasteiger partial charge >= 0.3 is 0 Å². The first-order valence-electron chi connectivity index (χ1n) is 10.0. The SMILES string of the molecule is O=C1/C(=C2\SC(=S)N(C3CCCC3)C2=O)c2ccccc2N1Cc1ccccc1Cl. The first-order valence-corrected chi connectivity index (χ1v) is 11.6. The lowest BCUT2D eigenvalue weighted by Gasteiger charge is -2.22. The highest BCUT2D eigenvalue weighted by atomic mass is 35.5. The smallest absolute Gasteiger partial charge is 0.267 e. The van der Waals surface area contributed by atoms with E-state index in [1.807, 2.05) is 48.5 Å². The van der Waals surface area contributed by atoms with E-state index in [2.05, 4.69) is 0 Å². The number of thiocarbonyl (C=S) groups is 1. The van der Waals surface area contributed by atoms with E-state index >= 15 is 0 Å². The van der Waals surface area contributed by atoms with Crippen molar-refractivity contribution in [1.29, 1.82) is 0 Å². The van der Waals surface area contributed by atoms with Crippen LogP contribution in [0.5, 0.6) is 0 Å². The topological polar surface area (TPSA) is 40.6 Å². The van der Waals surface area contributed by atoms with Crippen molar-refractivity contribution in [2.45, 2.75) is 38.3 Å². The van der Waals surface area contributed by atoms with E-state index in [-0.39, 0.29) is 17.9 Å². The molecule has 0 N–H and O–H groups in total. The van der Waals surface area contributed by atoms with Crippen LogP contribution in [0.2, 0.25) is 5.02 Å². The molecule has 2 amide bonds. The number of thioether (sulfide) groups is 1. The van der Waals surface area contributed by atoms with Gasteiger partial charge in [-0.3, -0.25) is 14.5 Å². The molecule has 1 aliphatic carbocycles. The molecule has 2 heterocycles. The normalized spacial score (nSPS) is 21.8. The second kappa shape index (κ2) is 7.84. The number of hydrogen-bond acceptors (Lipinski definition) is 4. The molecule has 0 unspecified atom stereocenters. The number of para-hydroxylation sites is 1. The number of hydrogen-bond donors (Lipinski definition) is 0. The highest BCUT2D eigenvalue weighted by Gasteiger charge is 2.44. The Morgan fingerprint density at radius 3 is 2.47 bits per heavy atom. The van der Waals surface area contributed by atoms with Gasteiger partial charge in [0.25, 0.3) is 11.8 Å². The maximum absolute atomic E-state index is 13.5. The predicted molar refractivity (Wildman–Crippen MR) is 125 cm³/mol. The van der Waals surface area contributed by atoms with Crippen LogP contribution in [-0.2, 0) is 16.1 Å². The van der Waals surface area contributed by atoms with Crippen molar-refractivity contribution in [2.24, 2.45) is 0 Å². The third-order valence-corrected chi connectivity index (χ3v) is 7.70. The Kier molecular flexibility index (Phi) is 5.17. The lowest BCUT2D eigenvalue weighted by molar-refractivity contribution is -0.123. The van der Waals surface area contributed by atoms with Crippen molar-refractivity contribution in [2.75, 3.05) is 4.90 Å². The molecule has 0 radical (unpaired) electrons. The fraction of sp³-hybridized carbons (Fsp3) is 0.261. The highest BCUT2D eigenvalue weighted by molar-refractivity contribution is 8.26. The van der Waals surface area contributed by atoms with E-state index in [0.29, 0.717) is 26.4 Å². The molecule has 3 aliphatic rings. The fourth-order valence-corrected chi connectivity index (χ4v) is 6.13. The quantitative estimate of drug-likeness (QED) is 0.460. The van der Waals surface area contributed by atoms with Crippen LogP contribution in [0, 0.1) is 0 Å².